The molecular weight excluding hydrogens is 5010 g/mol. The predicted octanol–water partition coefficient (Wildman–Crippen LogP) is 0.450. The van der Waals surface area contributed by atoms with E-state index in [2.05, 4.69) is 0 Å². The van der Waals surface area contributed by atoms with Gasteiger partial charge in [0.1, 0.15) is 0 Å². The molecule has 0 aliphatic rings. The van der Waals surface area contributed by atoms with E-state index < -0.39 is 0 Å². The first-order chi connectivity index (χ1) is 0. The van der Waals surface area contributed by atoms with E-state index in [0.717, 1.165) is 0 Å². The van der Waals surface area contributed by atoms with Gasteiger partial charge in [-0.25, -0.2) is 0 Å². The SMILES string of the molecule is [CH3-].[U].[U].[U].[U].[U].[U].[U].[U].[U].[U].[U].[U].[U].[U].[U].[U].[U].[U].[U].[U].[U]. The van der Waals surface area contributed by atoms with Crippen LogP contribution in [0.4, 0.5) is 0 Å². The predicted molar refractivity (Wildman–Crippen MR) is 6.41 cm³/mol. The van der Waals surface area contributed by atoms with Crippen LogP contribution in [0, 0.1) is 661 Å². The summed E-state index contributed by atoms with van der Waals surface area (Å²) in [4.78, 5) is 0. The Morgan fingerprint density at radius 2 is 0.0909 bits per heavy atom. The van der Waals surface area contributed by atoms with Gasteiger partial charge >= 0.3 is 0 Å². The molecule has 0 rings (SSSR count). The molecule has 0 saturated heterocycles. The minimum absolute atomic E-state index is 0. The van der Waals surface area contributed by atoms with E-state index in [1.807, 2.05) is 0 Å². The van der Waals surface area contributed by atoms with E-state index >= 15 is 0 Å². The van der Waals surface area contributed by atoms with E-state index in [1.165, 1.54) is 0 Å². The van der Waals surface area contributed by atoms with E-state index in [4.69, 9.17) is 0 Å². The first kappa shape index (κ1) is 168. The first-order valence-corrected chi connectivity index (χ1v) is 0. The molecule has 92 valence electrons. The second-order valence-corrected chi connectivity index (χ2v) is 0. The molecule has 0 amide bonds. The van der Waals surface area contributed by atoms with E-state index in [9.17, 15) is 0 Å². The second-order valence-electron chi connectivity index (χ2n) is 0. The van der Waals surface area contributed by atoms with Gasteiger partial charge in [-0.1, -0.05) is 0 Å². The second kappa shape index (κ2) is 156. The number of rotatable bonds is 0. The molecule has 0 N–H and O–H groups in total. The summed E-state index contributed by atoms with van der Waals surface area (Å²) in [6.07, 6.45) is 0. The summed E-state index contributed by atoms with van der Waals surface area (Å²) in [5, 5.41) is 0. The van der Waals surface area contributed by atoms with Gasteiger partial charge in [0.05, 0.1) is 0 Å². The number of hydrogen-bond donors (Lipinski definition) is 0. The van der Waals surface area contributed by atoms with Crippen LogP contribution in [0.15, 0.2) is 0 Å². The van der Waals surface area contributed by atoms with Crippen molar-refractivity contribution in [3.05, 3.63) is 7.43 Å². The van der Waals surface area contributed by atoms with Crippen LogP contribution in [0.5, 0.6) is 0 Å². The molecule has 0 aromatic heterocycles. The fourth-order valence-corrected chi connectivity index (χ4v) is 0. The van der Waals surface area contributed by atoms with E-state index in [1.54, 1.807) is 0 Å². The average molecular weight is 5010 g/mol. The first-order valence-electron chi connectivity index (χ1n) is 0. The largest absolute Gasteiger partial charge is 0.358 e. The molecule has 0 bridgehead atoms. The summed E-state index contributed by atoms with van der Waals surface area (Å²) in [7, 11) is 0. The molecule has 0 aromatic carbocycles. The Morgan fingerprint density at radius 3 is 0.0909 bits per heavy atom. The molecule has 0 unspecified atom stereocenters. The molecule has 0 saturated carbocycles. The van der Waals surface area contributed by atoms with Gasteiger partial charge in [0.25, 0.3) is 0 Å². The van der Waals surface area contributed by atoms with Crippen molar-refractivity contribution < 1.29 is 653 Å². The minimum Gasteiger partial charge on any atom is -0.358 e. The van der Waals surface area contributed by atoms with Gasteiger partial charge in [0.2, 0.25) is 0 Å². The Morgan fingerprint density at radius 1 is 0.0909 bits per heavy atom. The third kappa shape index (κ3) is 146. The molecule has 0 aliphatic carbocycles. The Balaban J connectivity index is 0. The quantitative estimate of drug-likeness (QED) is 0.310. The summed E-state index contributed by atoms with van der Waals surface area (Å²) < 4.78 is 0. The smallest absolute Gasteiger partial charge is 0 e. The molecule has 0 radical (unpaired) electrons. The Hall–Kier alpha value is 22.1. The van der Waals surface area contributed by atoms with Crippen LogP contribution in [-0.4, -0.2) is 0 Å². The third-order valence-corrected chi connectivity index (χ3v) is 0. The molecule has 0 nitrogen and oxygen atoms in total. The van der Waals surface area contributed by atoms with Crippen molar-refractivity contribution in [3.8, 4) is 0 Å². The Bertz CT molecular complexity index is 5.87. The number of hydrogen-bond acceptors (Lipinski definition) is 0. The maximum Gasteiger partial charge on any atom is 0 e. The minimum atomic E-state index is 0. The molecule has 0 aliphatic heterocycles. The van der Waals surface area contributed by atoms with Crippen LogP contribution in [0.2, 0.25) is 0 Å². The van der Waals surface area contributed by atoms with Crippen molar-refractivity contribution >= 4 is 0 Å². The van der Waals surface area contributed by atoms with Crippen LogP contribution < -0.4 is 0 Å². The Kier molecular flexibility index (Phi) is 1190. The van der Waals surface area contributed by atoms with Crippen molar-refractivity contribution in [1.29, 1.82) is 0 Å². The zero-order valence-corrected chi connectivity index (χ0v) is 98.9. The van der Waals surface area contributed by atoms with Gasteiger partial charge in [-0.05, 0) is 0 Å². The maximum absolute atomic E-state index is 0. The average Bonchev–Trinajstić information content (AvgIpc) is 0. The van der Waals surface area contributed by atoms with Crippen molar-refractivity contribution in [1.82, 2.24) is 0 Å². The van der Waals surface area contributed by atoms with Crippen LogP contribution in [0.25, 0.3) is 0 Å². The van der Waals surface area contributed by atoms with E-state index in [0.29, 0.717) is 0 Å². The monoisotopic (exact) mass is 5010 g/mol. The summed E-state index contributed by atoms with van der Waals surface area (Å²) in [5.74, 6) is 0. The molecular formula is CH3U21-. The van der Waals surface area contributed by atoms with Crippen molar-refractivity contribution in [2.45, 2.75) is 0 Å². The standard InChI is InChI=1S/CH3.21U/h1H3;;;;;;;;;;;;;;;;;;;;;/q-1;;;;;;;;;;;;;;;;;;;;;. The summed E-state index contributed by atoms with van der Waals surface area (Å²) >= 11 is 0. The van der Waals surface area contributed by atoms with Crippen LogP contribution in [-0.2, 0) is 0 Å². The van der Waals surface area contributed by atoms with Crippen LogP contribution in [0.3, 0.4) is 0 Å². The van der Waals surface area contributed by atoms with Gasteiger partial charge in [-0.2, -0.15) is 0 Å². The van der Waals surface area contributed by atoms with Gasteiger partial charge in [0, 0.05) is 653 Å². The molecule has 21 heteroatoms. The molecule has 0 aromatic rings. The molecule has 0 spiro atoms. The molecule has 0 atom stereocenters. The zero-order chi connectivity index (χ0) is 0. The van der Waals surface area contributed by atoms with Gasteiger partial charge in [-0.15, -0.1) is 0 Å². The topological polar surface area (TPSA) is 0 Å². The van der Waals surface area contributed by atoms with Gasteiger partial charge in [0.15, 0.2) is 0 Å². The van der Waals surface area contributed by atoms with E-state index in [-0.39, 0.29) is 661 Å². The fraction of sp³-hybridized carbons (Fsp3) is 0. The third-order valence-electron chi connectivity index (χ3n) is 0. The molecule has 22 heavy (non-hydrogen) atoms. The maximum atomic E-state index is 0. The molecule has 0 heterocycles. The Labute approximate surface area is 636 Å². The van der Waals surface area contributed by atoms with Crippen LogP contribution in [0.1, 0.15) is 0 Å². The zero-order valence-electron chi connectivity index (χ0n) is 11.5. The fourth-order valence-electron chi connectivity index (χ4n) is 0. The van der Waals surface area contributed by atoms with Gasteiger partial charge in [-0.3, -0.25) is 0 Å². The summed E-state index contributed by atoms with van der Waals surface area (Å²) in [6.45, 7) is 0. The van der Waals surface area contributed by atoms with Crippen molar-refractivity contribution in [3.63, 3.8) is 0 Å². The van der Waals surface area contributed by atoms with Crippen molar-refractivity contribution in [2.24, 2.45) is 0 Å². The summed E-state index contributed by atoms with van der Waals surface area (Å²) in [5.41, 5.74) is 0. The van der Waals surface area contributed by atoms with Gasteiger partial charge < -0.3 is 7.43 Å². The van der Waals surface area contributed by atoms with Crippen LogP contribution >= 0.6 is 0 Å². The summed E-state index contributed by atoms with van der Waals surface area (Å²) in [6, 6.07) is 0. The van der Waals surface area contributed by atoms with Crippen molar-refractivity contribution in [2.75, 3.05) is 0 Å². The normalized spacial score (nSPS) is 0. The molecule has 0 fully saturated rings.